The van der Waals surface area contributed by atoms with Crippen molar-refractivity contribution in [3.05, 3.63) is 23.5 Å². The number of alkyl halides is 1. The van der Waals surface area contributed by atoms with Crippen molar-refractivity contribution in [2.75, 3.05) is 0 Å². The van der Waals surface area contributed by atoms with Gasteiger partial charge in [-0.05, 0) is 12.1 Å². The van der Waals surface area contributed by atoms with Crippen molar-refractivity contribution in [1.82, 2.24) is 10.2 Å². The second-order valence-corrected chi connectivity index (χ2v) is 2.22. The van der Waals surface area contributed by atoms with Gasteiger partial charge >= 0.3 is 0 Å². The average molecular weight is 198 g/mol. The van der Waals surface area contributed by atoms with Crippen LogP contribution in [0.25, 0.3) is 0 Å². The molecule has 0 aliphatic heterocycles. The lowest BCUT2D eigenvalue weighted by Crippen LogP contribution is -1.90. The fraction of sp³-hybridized carbons (Fsp3) is 0.167. The molecule has 1 heterocycles. The highest BCUT2D eigenvalue weighted by molar-refractivity contribution is 9.08. The molecule has 0 spiro atoms. The molecule has 10 heavy (non-hydrogen) atoms. The van der Waals surface area contributed by atoms with Crippen molar-refractivity contribution < 1.29 is 0 Å². The van der Waals surface area contributed by atoms with Crippen molar-refractivity contribution in [3.63, 3.8) is 0 Å². The van der Waals surface area contributed by atoms with Gasteiger partial charge < -0.3 is 0 Å². The molecule has 1 rings (SSSR count). The van der Waals surface area contributed by atoms with Crippen molar-refractivity contribution in [2.45, 2.75) is 5.33 Å². The monoisotopic (exact) mass is 197 g/mol. The fourth-order valence-corrected chi connectivity index (χ4v) is 0.790. The van der Waals surface area contributed by atoms with Gasteiger partial charge in [0.1, 0.15) is 6.07 Å². The Labute approximate surface area is 66.8 Å². The van der Waals surface area contributed by atoms with E-state index in [2.05, 4.69) is 26.1 Å². The summed E-state index contributed by atoms with van der Waals surface area (Å²) in [6, 6.07) is 5.30. The van der Waals surface area contributed by atoms with E-state index in [1.807, 2.05) is 6.07 Å². The van der Waals surface area contributed by atoms with Gasteiger partial charge in [0, 0.05) is 5.33 Å². The average Bonchev–Trinajstić information content (AvgIpc) is 2.05. The van der Waals surface area contributed by atoms with E-state index in [1.54, 1.807) is 12.1 Å². The lowest BCUT2D eigenvalue weighted by molar-refractivity contribution is 0.958. The zero-order valence-corrected chi connectivity index (χ0v) is 6.67. The van der Waals surface area contributed by atoms with Gasteiger partial charge in [0.2, 0.25) is 0 Å². The van der Waals surface area contributed by atoms with Crippen LogP contribution in [0.3, 0.4) is 0 Å². The van der Waals surface area contributed by atoms with Crippen LogP contribution in [-0.2, 0) is 5.33 Å². The van der Waals surface area contributed by atoms with E-state index < -0.39 is 0 Å². The van der Waals surface area contributed by atoms with E-state index in [1.165, 1.54) is 0 Å². The normalized spacial score (nSPS) is 8.80. The largest absolute Gasteiger partial charge is 0.191 e. The van der Waals surface area contributed by atoms with Crippen molar-refractivity contribution in [2.24, 2.45) is 0 Å². The third-order valence-electron chi connectivity index (χ3n) is 0.971. The van der Waals surface area contributed by atoms with Gasteiger partial charge in [-0.2, -0.15) is 10.4 Å². The number of hydrogen-bond acceptors (Lipinski definition) is 3. The molecule has 0 N–H and O–H groups in total. The molecule has 1 aromatic heterocycles. The smallest absolute Gasteiger partial charge is 0.163 e. The van der Waals surface area contributed by atoms with Crippen LogP contribution in [0.4, 0.5) is 0 Å². The number of halogens is 1. The van der Waals surface area contributed by atoms with Crippen LogP contribution < -0.4 is 0 Å². The molecular formula is C6H4BrN3. The van der Waals surface area contributed by atoms with E-state index in [9.17, 15) is 0 Å². The van der Waals surface area contributed by atoms with E-state index in [0.29, 0.717) is 11.0 Å². The molecule has 0 aliphatic carbocycles. The van der Waals surface area contributed by atoms with Gasteiger partial charge in [-0.25, -0.2) is 0 Å². The molecule has 0 radical (unpaired) electrons. The van der Waals surface area contributed by atoms with Gasteiger partial charge in [-0.1, -0.05) is 15.9 Å². The predicted octanol–water partition coefficient (Wildman–Crippen LogP) is 1.24. The predicted molar refractivity (Wildman–Crippen MR) is 39.4 cm³/mol. The van der Waals surface area contributed by atoms with Crippen LogP contribution in [0, 0.1) is 11.3 Å². The van der Waals surface area contributed by atoms with Crippen LogP contribution >= 0.6 is 15.9 Å². The van der Waals surface area contributed by atoms with Crippen molar-refractivity contribution in [3.8, 4) is 6.07 Å². The third-order valence-corrected chi connectivity index (χ3v) is 1.55. The molecule has 0 amide bonds. The van der Waals surface area contributed by atoms with Gasteiger partial charge in [0.05, 0.1) is 5.69 Å². The minimum absolute atomic E-state index is 0.352. The van der Waals surface area contributed by atoms with Crippen LogP contribution in [0.2, 0.25) is 0 Å². The summed E-state index contributed by atoms with van der Waals surface area (Å²) in [6.07, 6.45) is 0. The van der Waals surface area contributed by atoms with E-state index in [-0.39, 0.29) is 0 Å². The zero-order chi connectivity index (χ0) is 7.40. The van der Waals surface area contributed by atoms with E-state index >= 15 is 0 Å². The molecule has 1 aromatic rings. The summed E-state index contributed by atoms with van der Waals surface area (Å²) in [5, 5.41) is 16.4. The first kappa shape index (κ1) is 7.16. The molecule has 0 atom stereocenters. The fourth-order valence-electron chi connectivity index (χ4n) is 0.491. The molecule has 4 heteroatoms. The Bertz CT molecular complexity index is 249. The van der Waals surface area contributed by atoms with Crippen molar-refractivity contribution >= 4 is 15.9 Å². The summed E-state index contributed by atoms with van der Waals surface area (Å²) in [7, 11) is 0. The van der Waals surface area contributed by atoms with E-state index in [0.717, 1.165) is 5.69 Å². The molecule has 0 aliphatic rings. The number of nitriles is 1. The number of nitrogens with zero attached hydrogens (tertiary/aromatic N) is 3. The SMILES string of the molecule is N#Cc1ccc(CBr)nn1. The second kappa shape index (κ2) is 3.28. The third kappa shape index (κ3) is 1.52. The molecule has 0 bridgehead atoms. The minimum Gasteiger partial charge on any atom is -0.191 e. The van der Waals surface area contributed by atoms with E-state index in [4.69, 9.17) is 5.26 Å². The maximum Gasteiger partial charge on any atom is 0.163 e. The van der Waals surface area contributed by atoms with Crippen LogP contribution in [0.15, 0.2) is 12.1 Å². The van der Waals surface area contributed by atoms with Crippen LogP contribution in [0.1, 0.15) is 11.4 Å². The van der Waals surface area contributed by atoms with Crippen LogP contribution in [0.5, 0.6) is 0 Å². The van der Waals surface area contributed by atoms with Gasteiger partial charge in [0.15, 0.2) is 5.69 Å². The molecule has 0 aromatic carbocycles. The maximum atomic E-state index is 8.34. The Kier molecular flexibility index (Phi) is 2.35. The van der Waals surface area contributed by atoms with Crippen LogP contribution in [-0.4, -0.2) is 10.2 Å². The lowest BCUT2D eigenvalue weighted by Gasteiger charge is -1.89. The number of rotatable bonds is 1. The summed E-state index contributed by atoms with van der Waals surface area (Å²) in [4.78, 5) is 0. The summed E-state index contributed by atoms with van der Waals surface area (Å²) in [5.41, 5.74) is 1.18. The molecule has 50 valence electrons. The Morgan fingerprint density at radius 1 is 1.50 bits per heavy atom. The molecule has 0 saturated carbocycles. The summed E-state index contributed by atoms with van der Waals surface area (Å²) in [5.74, 6) is 0. The molecule has 0 unspecified atom stereocenters. The Morgan fingerprint density at radius 3 is 2.70 bits per heavy atom. The van der Waals surface area contributed by atoms with Gasteiger partial charge in [0.25, 0.3) is 0 Å². The highest BCUT2D eigenvalue weighted by Gasteiger charge is 1.92. The first-order chi connectivity index (χ1) is 4.86. The molecular weight excluding hydrogens is 194 g/mol. The summed E-state index contributed by atoms with van der Waals surface area (Å²) in [6.45, 7) is 0. The van der Waals surface area contributed by atoms with Crippen molar-refractivity contribution in [1.29, 1.82) is 5.26 Å². The van der Waals surface area contributed by atoms with Gasteiger partial charge in [-0.15, -0.1) is 5.10 Å². The topological polar surface area (TPSA) is 49.6 Å². The molecule has 0 saturated heterocycles. The zero-order valence-electron chi connectivity index (χ0n) is 5.08. The first-order valence-electron chi connectivity index (χ1n) is 2.65. The second-order valence-electron chi connectivity index (χ2n) is 1.66. The summed E-state index contributed by atoms with van der Waals surface area (Å²) < 4.78 is 0. The maximum absolute atomic E-state index is 8.34. The Hall–Kier alpha value is -0.950. The lowest BCUT2D eigenvalue weighted by atomic mass is 10.4. The highest BCUT2D eigenvalue weighted by Crippen LogP contribution is 1.99. The summed E-state index contributed by atoms with van der Waals surface area (Å²) >= 11 is 3.22. The quantitative estimate of drug-likeness (QED) is 0.638. The number of hydrogen-bond donors (Lipinski definition) is 0. The minimum atomic E-state index is 0.352. The number of aromatic nitrogens is 2. The Morgan fingerprint density at radius 2 is 2.30 bits per heavy atom. The standard InChI is InChI=1S/C6H4BrN3/c7-3-5-1-2-6(4-8)10-9-5/h1-2H,3H2. The Balaban J connectivity index is 2.93. The first-order valence-corrected chi connectivity index (χ1v) is 3.77. The molecule has 0 fully saturated rings. The molecule has 3 nitrogen and oxygen atoms in total. The highest BCUT2D eigenvalue weighted by atomic mass is 79.9. The van der Waals surface area contributed by atoms with Gasteiger partial charge in [-0.3, -0.25) is 0 Å².